The largest absolute Gasteiger partial charge is 0.488 e. The van der Waals surface area contributed by atoms with E-state index in [1.807, 2.05) is 0 Å². The summed E-state index contributed by atoms with van der Waals surface area (Å²) in [5.74, 6) is 0.182. The van der Waals surface area contributed by atoms with Crippen LogP contribution in [0, 0.1) is 0 Å². The number of rotatable bonds is 4. The zero-order chi connectivity index (χ0) is 11.1. The second-order valence-electron chi connectivity index (χ2n) is 2.55. The Kier molecular flexibility index (Phi) is 4.63. The van der Waals surface area contributed by atoms with Gasteiger partial charge >= 0.3 is 5.97 Å². The molecule has 80 valence electrons. The SMILES string of the molecule is COC(=O)/C=C/COc1ccc(Cl)nc1. The van der Waals surface area contributed by atoms with Crippen molar-refractivity contribution in [1.82, 2.24) is 4.98 Å². The van der Waals surface area contributed by atoms with Gasteiger partial charge in [-0.05, 0) is 18.2 Å². The second kappa shape index (κ2) is 6.03. The average molecular weight is 228 g/mol. The monoisotopic (exact) mass is 227 g/mol. The summed E-state index contributed by atoms with van der Waals surface area (Å²) in [5, 5.41) is 0.410. The first-order valence-electron chi connectivity index (χ1n) is 4.21. The molecule has 0 unspecified atom stereocenters. The highest BCUT2D eigenvalue weighted by Crippen LogP contribution is 2.11. The zero-order valence-corrected chi connectivity index (χ0v) is 8.90. The van der Waals surface area contributed by atoms with Crippen LogP contribution < -0.4 is 4.74 Å². The number of aromatic nitrogens is 1. The number of hydrogen-bond acceptors (Lipinski definition) is 4. The number of esters is 1. The molecule has 0 saturated carbocycles. The van der Waals surface area contributed by atoms with E-state index in [0.29, 0.717) is 10.9 Å². The maximum Gasteiger partial charge on any atom is 0.330 e. The van der Waals surface area contributed by atoms with Crippen molar-refractivity contribution < 1.29 is 14.3 Å². The summed E-state index contributed by atoms with van der Waals surface area (Å²) in [5.41, 5.74) is 0. The summed E-state index contributed by atoms with van der Waals surface area (Å²) in [6.45, 7) is 0.276. The van der Waals surface area contributed by atoms with E-state index in [9.17, 15) is 4.79 Å². The maximum absolute atomic E-state index is 10.7. The number of methoxy groups -OCH3 is 1. The highest BCUT2D eigenvalue weighted by Gasteiger charge is 1.93. The van der Waals surface area contributed by atoms with Gasteiger partial charge in [-0.3, -0.25) is 0 Å². The van der Waals surface area contributed by atoms with Gasteiger partial charge in [0.1, 0.15) is 17.5 Å². The molecule has 0 aliphatic rings. The Hall–Kier alpha value is -1.55. The number of nitrogens with zero attached hydrogens (tertiary/aromatic N) is 1. The lowest BCUT2D eigenvalue weighted by atomic mass is 10.4. The van der Waals surface area contributed by atoms with Crippen molar-refractivity contribution in [2.75, 3.05) is 13.7 Å². The van der Waals surface area contributed by atoms with Crippen LogP contribution in [0.3, 0.4) is 0 Å². The Morgan fingerprint density at radius 3 is 3.00 bits per heavy atom. The van der Waals surface area contributed by atoms with Crippen molar-refractivity contribution in [3.05, 3.63) is 35.6 Å². The Morgan fingerprint density at radius 1 is 1.60 bits per heavy atom. The van der Waals surface area contributed by atoms with Gasteiger partial charge in [-0.15, -0.1) is 0 Å². The Morgan fingerprint density at radius 2 is 2.40 bits per heavy atom. The van der Waals surface area contributed by atoms with Gasteiger partial charge in [-0.2, -0.15) is 0 Å². The number of ether oxygens (including phenoxy) is 2. The molecule has 1 aromatic rings. The smallest absolute Gasteiger partial charge is 0.330 e. The van der Waals surface area contributed by atoms with Gasteiger partial charge in [-0.1, -0.05) is 11.6 Å². The minimum atomic E-state index is -0.409. The number of halogens is 1. The topological polar surface area (TPSA) is 48.4 Å². The van der Waals surface area contributed by atoms with Crippen LogP contribution in [0.1, 0.15) is 0 Å². The van der Waals surface area contributed by atoms with Crippen LogP contribution in [-0.4, -0.2) is 24.7 Å². The Balaban J connectivity index is 2.35. The molecular formula is C10H10ClNO3. The molecule has 4 nitrogen and oxygen atoms in total. The zero-order valence-electron chi connectivity index (χ0n) is 8.14. The molecule has 1 heterocycles. The predicted molar refractivity (Wildman–Crippen MR) is 55.9 cm³/mol. The molecule has 0 radical (unpaired) electrons. The van der Waals surface area contributed by atoms with Crippen molar-refractivity contribution in [3.63, 3.8) is 0 Å². The van der Waals surface area contributed by atoms with Crippen molar-refractivity contribution >= 4 is 17.6 Å². The molecule has 0 atom stereocenters. The van der Waals surface area contributed by atoms with Crippen LogP contribution in [0.2, 0.25) is 5.15 Å². The van der Waals surface area contributed by atoms with E-state index in [1.165, 1.54) is 19.4 Å². The Labute approximate surface area is 92.5 Å². The van der Waals surface area contributed by atoms with E-state index in [1.54, 1.807) is 18.2 Å². The number of pyridine rings is 1. The first kappa shape index (κ1) is 11.5. The normalized spacial score (nSPS) is 10.3. The minimum Gasteiger partial charge on any atom is -0.488 e. The van der Waals surface area contributed by atoms with Gasteiger partial charge in [0.15, 0.2) is 0 Å². The van der Waals surface area contributed by atoms with Crippen LogP contribution in [0.25, 0.3) is 0 Å². The van der Waals surface area contributed by atoms with Gasteiger partial charge in [0.2, 0.25) is 0 Å². The van der Waals surface area contributed by atoms with E-state index in [-0.39, 0.29) is 6.61 Å². The molecule has 0 saturated heterocycles. The molecule has 15 heavy (non-hydrogen) atoms. The van der Waals surface area contributed by atoms with Crippen molar-refractivity contribution in [2.45, 2.75) is 0 Å². The molecule has 0 fully saturated rings. The molecular weight excluding hydrogens is 218 g/mol. The summed E-state index contributed by atoms with van der Waals surface area (Å²) in [6, 6.07) is 3.32. The molecule has 0 aliphatic carbocycles. The van der Waals surface area contributed by atoms with E-state index < -0.39 is 5.97 Å². The van der Waals surface area contributed by atoms with E-state index in [4.69, 9.17) is 16.3 Å². The van der Waals surface area contributed by atoms with Gasteiger partial charge in [0.05, 0.1) is 13.3 Å². The maximum atomic E-state index is 10.7. The van der Waals surface area contributed by atoms with Gasteiger partial charge < -0.3 is 9.47 Å². The average Bonchev–Trinajstić information content (AvgIpc) is 2.26. The molecule has 0 aliphatic heterocycles. The lowest BCUT2D eigenvalue weighted by molar-refractivity contribution is -0.134. The van der Waals surface area contributed by atoms with Gasteiger partial charge in [0.25, 0.3) is 0 Å². The first-order valence-corrected chi connectivity index (χ1v) is 4.59. The standard InChI is InChI=1S/C10H10ClNO3/c1-14-10(13)3-2-6-15-8-4-5-9(11)12-7-8/h2-5,7H,6H2,1H3/b3-2+. The van der Waals surface area contributed by atoms with Crippen LogP contribution in [0.4, 0.5) is 0 Å². The molecule has 0 amide bonds. The molecule has 0 aromatic carbocycles. The number of carbonyl (C=O) groups excluding carboxylic acids is 1. The molecule has 0 N–H and O–H groups in total. The van der Waals surface area contributed by atoms with Crippen molar-refractivity contribution in [2.24, 2.45) is 0 Å². The highest BCUT2D eigenvalue weighted by molar-refractivity contribution is 6.29. The minimum absolute atomic E-state index is 0.276. The summed E-state index contributed by atoms with van der Waals surface area (Å²) in [4.78, 5) is 14.5. The quantitative estimate of drug-likeness (QED) is 0.447. The summed E-state index contributed by atoms with van der Waals surface area (Å²) in [7, 11) is 1.32. The molecule has 1 aromatic heterocycles. The van der Waals surface area contributed by atoms with Crippen LogP contribution in [0.15, 0.2) is 30.5 Å². The molecule has 0 bridgehead atoms. The van der Waals surface area contributed by atoms with Gasteiger partial charge in [0, 0.05) is 6.08 Å². The van der Waals surface area contributed by atoms with Gasteiger partial charge in [-0.25, -0.2) is 9.78 Å². The van der Waals surface area contributed by atoms with Crippen LogP contribution >= 0.6 is 11.6 Å². The predicted octanol–water partition coefficient (Wildman–Crippen LogP) is 1.84. The fourth-order valence-electron chi connectivity index (χ4n) is 0.804. The van der Waals surface area contributed by atoms with E-state index in [0.717, 1.165) is 0 Å². The summed E-state index contributed by atoms with van der Waals surface area (Å²) in [6.07, 6.45) is 4.36. The lowest BCUT2D eigenvalue weighted by Gasteiger charge is -2.01. The third-order valence-corrected chi connectivity index (χ3v) is 1.73. The van der Waals surface area contributed by atoms with Crippen LogP contribution in [-0.2, 0) is 9.53 Å². The lowest BCUT2D eigenvalue weighted by Crippen LogP contribution is -1.98. The molecule has 0 spiro atoms. The third-order valence-electron chi connectivity index (χ3n) is 1.50. The molecule has 5 heteroatoms. The highest BCUT2D eigenvalue weighted by atomic mass is 35.5. The second-order valence-corrected chi connectivity index (χ2v) is 2.94. The van der Waals surface area contributed by atoms with Crippen LogP contribution in [0.5, 0.6) is 5.75 Å². The fourth-order valence-corrected chi connectivity index (χ4v) is 0.916. The molecule has 1 rings (SSSR count). The van der Waals surface area contributed by atoms with Crippen molar-refractivity contribution in [3.8, 4) is 5.75 Å². The third kappa shape index (κ3) is 4.46. The number of carbonyl (C=O) groups is 1. The number of hydrogen-bond donors (Lipinski definition) is 0. The van der Waals surface area contributed by atoms with E-state index >= 15 is 0 Å². The Bertz CT molecular complexity index is 348. The van der Waals surface area contributed by atoms with E-state index in [2.05, 4.69) is 9.72 Å². The van der Waals surface area contributed by atoms with Crippen molar-refractivity contribution in [1.29, 1.82) is 0 Å². The summed E-state index contributed by atoms with van der Waals surface area (Å²) >= 11 is 5.59. The first-order chi connectivity index (χ1) is 7.22. The fraction of sp³-hybridized carbons (Fsp3) is 0.200. The summed E-state index contributed by atoms with van der Waals surface area (Å²) < 4.78 is 9.65.